The summed E-state index contributed by atoms with van der Waals surface area (Å²) in [6.07, 6.45) is 4.20. The third-order valence-electron chi connectivity index (χ3n) is 2.45. The van der Waals surface area contributed by atoms with E-state index >= 15 is 0 Å². The van der Waals surface area contributed by atoms with Crippen molar-refractivity contribution in [1.82, 2.24) is 0 Å². The van der Waals surface area contributed by atoms with Gasteiger partial charge in [0, 0.05) is 16.1 Å². The first-order valence-corrected chi connectivity index (χ1v) is 5.90. The summed E-state index contributed by atoms with van der Waals surface area (Å²) in [4.78, 5) is 8.77. The number of benzene rings is 1. The molecule has 0 amide bonds. The van der Waals surface area contributed by atoms with E-state index in [0.29, 0.717) is 0 Å². The van der Waals surface area contributed by atoms with Crippen molar-refractivity contribution in [1.29, 1.82) is 0 Å². The average Bonchev–Trinajstić information content (AvgIpc) is 2.04. The molecule has 82 valence electrons. The fourth-order valence-corrected chi connectivity index (χ4v) is 1.74. The van der Waals surface area contributed by atoms with Gasteiger partial charge in [-0.05, 0) is 36.5 Å². The molecule has 2 rings (SSSR count). The summed E-state index contributed by atoms with van der Waals surface area (Å²) < 4.78 is 1.18. The number of carbonyl (C=O) groups is 1. The lowest BCUT2D eigenvalue weighted by Crippen LogP contribution is -2.07. The fourth-order valence-electron chi connectivity index (χ4n) is 1.48. The molecule has 0 aliphatic heterocycles. The quantitative estimate of drug-likeness (QED) is 0.767. The number of halogens is 2. The van der Waals surface area contributed by atoms with Gasteiger partial charge in [0.1, 0.15) is 0 Å². The van der Waals surface area contributed by atoms with E-state index in [1.165, 1.54) is 29.3 Å². The van der Waals surface area contributed by atoms with Crippen LogP contribution in [0.1, 0.15) is 30.7 Å². The largest absolute Gasteiger partial charge is 0.469 e. The van der Waals surface area contributed by atoms with Crippen molar-refractivity contribution < 1.29 is 9.90 Å². The van der Waals surface area contributed by atoms with Crippen LogP contribution in [0.4, 0.5) is 4.79 Å². The number of carboxylic acid groups (broad SMARTS) is 1. The highest BCUT2D eigenvalue weighted by atomic mass is 79.9. The molecule has 0 saturated heterocycles. The minimum atomic E-state index is -1.36. The second kappa shape index (κ2) is 6.13. The van der Waals surface area contributed by atoms with Crippen molar-refractivity contribution in [2.75, 3.05) is 0 Å². The SMILES string of the molecule is Brc1ccc(C2CCC2)cc1.O=C(O)Cl. The zero-order valence-electron chi connectivity index (χ0n) is 8.12. The van der Waals surface area contributed by atoms with Crippen LogP contribution in [0.5, 0.6) is 0 Å². The van der Waals surface area contributed by atoms with Crippen LogP contribution in [-0.2, 0) is 0 Å². The van der Waals surface area contributed by atoms with Crippen LogP contribution in [-0.4, -0.2) is 10.5 Å². The van der Waals surface area contributed by atoms with Crippen molar-refractivity contribution in [3.8, 4) is 0 Å². The number of hydrogen-bond acceptors (Lipinski definition) is 1. The first kappa shape index (κ1) is 12.5. The normalized spacial score (nSPS) is 14.8. The van der Waals surface area contributed by atoms with Crippen molar-refractivity contribution in [3.05, 3.63) is 34.3 Å². The van der Waals surface area contributed by atoms with Gasteiger partial charge in [-0.3, -0.25) is 0 Å². The monoisotopic (exact) mass is 290 g/mol. The van der Waals surface area contributed by atoms with E-state index in [9.17, 15) is 0 Å². The second-order valence-corrected chi connectivity index (χ2v) is 4.67. The van der Waals surface area contributed by atoms with E-state index in [2.05, 4.69) is 51.8 Å². The molecule has 0 aromatic heterocycles. The molecule has 1 fully saturated rings. The molecule has 0 bridgehead atoms. The Balaban J connectivity index is 0.000000245. The van der Waals surface area contributed by atoms with Crippen LogP contribution in [0, 0.1) is 0 Å². The summed E-state index contributed by atoms with van der Waals surface area (Å²) in [6.45, 7) is 0. The molecule has 1 aliphatic rings. The van der Waals surface area contributed by atoms with Gasteiger partial charge in [0.15, 0.2) is 0 Å². The third-order valence-corrected chi connectivity index (χ3v) is 2.98. The van der Waals surface area contributed by atoms with E-state index < -0.39 is 5.43 Å². The topological polar surface area (TPSA) is 37.3 Å². The Morgan fingerprint density at radius 3 is 2.13 bits per heavy atom. The highest BCUT2D eigenvalue weighted by molar-refractivity contribution is 9.10. The average molecular weight is 292 g/mol. The summed E-state index contributed by atoms with van der Waals surface area (Å²) in [6, 6.07) is 8.73. The lowest BCUT2D eigenvalue weighted by molar-refractivity contribution is 0.220. The molecule has 2 nitrogen and oxygen atoms in total. The van der Waals surface area contributed by atoms with Gasteiger partial charge in [0.05, 0.1) is 0 Å². The maximum Gasteiger partial charge on any atom is 0.401 e. The van der Waals surface area contributed by atoms with Crippen LogP contribution in [0.3, 0.4) is 0 Å². The molecular formula is C11H12BrClO2. The summed E-state index contributed by atoms with van der Waals surface area (Å²) in [5.74, 6) is 0.864. The molecule has 1 aliphatic carbocycles. The summed E-state index contributed by atoms with van der Waals surface area (Å²) in [5, 5.41) is 7.18. The van der Waals surface area contributed by atoms with Crippen LogP contribution in [0.2, 0.25) is 0 Å². The van der Waals surface area contributed by atoms with Crippen LogP contribution >= 0.6 is 27.5 Å². The van der Waals surface area contributed by atoms with Crippen molar-refractivity contribution >= 4 is 33.0 Å². The molecule has 0 heterocycles. The zero-order chi connectivity index (χ0) is 11.3. The maximum atomic E-state index is 8.77. The molecule has 0 atom stereocenters. The lowest BCUT2D eigenvalue weighted by Gasteiger charge is -2.25. The predicted octanol–water partition coefficient (Wildman–Crippen LogP) is 4.62. The van der Waals surface area contributed by atoms with Gasteiger partial charge in [-0.2, -0.15) is 0 Å². The third kappa shape index (κ3) is 4.67. The highest BCUT2D eigenvalue weighted by Gasteiger charge is 2.18. The Labute approximate surface area is 102 Å². The van der Waals surface area contributed by atoms with Crippen molar-refractivity contribution in [2.24, 2.45) is 0 Å². The molecule has 1 aromatic carbocycles. The van der Waals surface area contributed by atoms with Gasteiger partial charge < -0.3 is 5.11 Å². The standard InChI is InChI=1S/C10H11Br.CHClO2/c11-10-6-4-9(5-7-10)8-2-1-3-8;2-1(3)4/h4-8H,1-3H2;(H,3,4). The molecular weight excluding hydrogens is 279 g/mol. The second-order valence-electron chi connectivity index (χ2n) is 3.43. The van der Waals surface area contributed by atoms with Crippen molar-refractivity contribution in [3.63, 3.8) is 0 Å². The Kier molecular flexibility index (Phi) is 5.12. The Bertz CT molecular complexity index is 316. The fraction of sp³-hybridized carbons (Fsp3) is 0.364. The molecule has 1 saturated carbocycles. The zero-order valence-corrected chi connectivity index (χ0v) is 10.5. The van der Waals surface area contributed by atoms with Gasteiger partial charge in [0.2, 0.25) is 0 Å². The van der Waals surface area contributed by atoms with Crippen LogP contribution in [0.15, 0.2) is 28.7 Å². The Hall–Kier alpha value is -0.540. The smallest absolute Gasteiger partial charge is 0.401 e. The first-order chi connectivity index (χ1) is 7.09. The van der Waals surface area contributed by atoms with Gasteiger partial charge in [0.25, 0.3) is 0 Å². The molecule has 1 N–H and O–H groups in total. The van der Waals surface area contributed by atoms with E-state index in [1.54, 1.807) is 0 Å². The van der Waals surface area contributed by atoms with Crippen LogP contribution < -0.4 is 0 Å². The highest BCUT2D eigenvalue weighted by Crippen LogP contribution is 2.36. The van der Waals surface area contributed by atoms with E-state index in [1.807, 2.05) is 0 Å². The molecule has 0 radical (unpaired) electrons. The van der Waals surface area contributed by atoms with E-state index in [-0.39, 0.29) is 0 Å². The molecule has 15 heavy (non-hydrogen) atoms. The first-order valence-electron chi connectivity index (χ1n) is 4.73. The van der Waals surface area contributed by atoms with E-state index in [4.69, 9.17) is 9.90 Å². The minimum Gasteiger partial charge on any atom is -0.469 e. The molecule has 4 heteroatoms. The number of hydrogen-bond donors (Lipinski definition) is 1. The summed E-state index contributed by atoms with van der Waals surface area (Å²) >= 11 is 7.63. The van der Waals surface area contributed by atoms with Gasteiger partial charge in [-0.1, -0.05) is 34.5 Å². The summed E-state index contributed by atoms with van der Waals surface area (Å²) in [7, 11) is 0. The minimum absolute atomic E-state index is 0.864. The predicted molar refractivity (Wildman–Crippen MR) is 64.6 cm³/mol. The molecule has 0 spiro atoms. The maximum absolute atomic E-state index is 8.77. The number of rotatable bonds is 1. The molecule has 1 aromatic rings. The summed E-state index contributed by atoms with van der Waals surface area (Å²) in [5.41, 5.74) is 0.152. The van der Waals surface area contributed by atoms with Gasteiger partial charge >= 0.3 is 5.43 Å². The van der Waals surface area contributed by atoms with Crippen molar-refractivity contribution in [2.45, 2.75) is 25.2 Å². The lowest BCUT2D eigenvalue weighted by atomic mass is 9.80. The molecule has 0 unspecified atom stereocenters. The van der Waals surface area contributed by atoms with Gasteiger partial charge in [-0.25, -0.2) is 4.79 Å². The van der Waals surface area contributed by atoms with E-state index in [0.717, 1.165) is 5.92 Å². The van der Waals surface area contributed by atoms with Crippen LogP contribution in [0.25, 0.3) is 0 Å². The Morgan fingerprint density at radius 1 is 1.33 bits per heavy atom. The van der Waals surface area contributed by atoms with Gasteiger partial charge in [-0.15, -0.1) is 0 Å². The Morgan fingerprint density at radius 2 is 1.80 bits per heavy atom.